The summed E-state index contributed by atoms with van der Waals surface area (Å²) in [6.45, 7) is 0. The Bertz CT molecular complexity index is 2930. The van der Waals surface area contributed by atoms with E-state index >= 15 is 0 Å². The lowest BCUT2D eigenvalue weighted by Gasteiger charge is -2.30. The minimum absolute atomic E-state index is 0.899. The van der Waals surface area contributed by atoms with E-state index in [1.807, 2.05) is 12.1 Å². The van der Waals surface area contributed by atoms with Gasteiger partial charge in [-0.1, -0.05) is 170 Å². The molecule has 0 radical (unpaired) electrons. The standard InChI is InChI=1S/C52H35NO/c1-2-15-37(16-3-1)44-22-6-9-27-48(44)53(41-33-31-38(32-34-41)46-26-14-30-51-52(46)47-24-8-11-29-50(47)54-51)49-28-10-7-23-45(49)40-20-12-19-39(35-40)43-25-13-18-36-17-4-5-21-42(36)43/h1-35H. The van der Waals surface area contributed by atoms with Crippen molar-refractivity contribution in [3.63, 3.8) is 0 Å². The fourth-order valence-corrected chi connectivity index (χ4v) is 7.99. The molecule has 0 fully saturated rings. The highest BCUT2D eigenvalue weighted by molar-refractivity contribution is 6.12. The molecule has 0 aliphatic rings. The number of nitrogens with zero attached hydrogens (tertiary/aromatic N) is 1. The summed E-state index contributed by atoms with van der Waals surface area (Å²) in [7, 11) is 0. The summed E-state index contributed by atoms with van der Waals surface area (Å²) in [6, 6.07) is 75.9. The predicted molar refractivity (Wildman–Crippen MR) is 228 cm³/mol. The lowest BCUT2D eigenvalue weighted by atomic mass is 9.94. The van der Waals surface area contributed by atoms with Crippen molar-refractivity contribution in [2.45, 2.75) is 0 Å². The first kappa shape index (κ1) is 31.6. The number of hydrogen-bond acceptors (Lipinski definition) is 2. The van der Waals surface area contributed by atoms with Crippen LogP contribution in [0, 0.1) is 0 Å². The molecule has 254 valence electrons. The van der Waals surface area contributed by atoms with Gasteiger partial charge < -0.3 is 9.32 Å². The van der Waals surface area contributed by atoms with Gasteiger partial charge in [-0.2, -0.15) is 0 Å². The Kier molecular flexibility index (Phi) is 7.85. The molecule has 0 saturated heterocycles. The highest BCUT2D eigenvalue weighted by Gasteiger charge is 2.21. The molecule has 0 unspecified atom stereocenters. The Labute approximate surface area is 314 Å². The van der Waals surface area contributed by atoms with Crippen molar-refractivity contribution in [1.82, 2.24) is 0 Å². The van der Waals surface area contributed by atoms with Crippen LogP contribution in [0.3, 0.4) is 0 Å². The second-order valence-corrected chi connectivity index (χ2v) is 13.7. The topological polar surface area (TPSA) is 16.4 Å². The minimum Gasteiger partial charge on any atom is -0.456 e. The molecule has 1 aromatic heterocycles. The summed E-state index contributed by atoms with van der Waals surface area (Å²) in [4.78, 5) is 2.42. The number of para-hydroxylation sites is 3. The summed E-state index contributed by atoms with van der Waals surface area (Å²) in [6.07, 6.45) is 0. The zero-order valence-electron chi connectivity index (χ0n) is 29.6. The monoisotopic (exact) mass is 689 g/mol. The molecule has 1 heterocycles. The molecule has 9 aromatic carbocycles. The van der Waals surface area contributed by atoms with Crippen molar-refractivity contribution < 1.29 is 4.42 Å². The zero-order valence-corrected chi connectivity index (χ0v) is 29.6. The van der Waals surface area contributed by atoms with Crippen LogP contribution < -0.4 is 4.90 Å². The van der Waals surface area contributed by atoms with Crippen LogP contribution in [0.1, 0.15) is 0 Å². The highest BCUT2D eigenvalue weighted by atomic mass is 16.3. The highest BCUT2D eigenvalue weighted by Crippen LogP contribution is 2.46. The maximum absolute atomic E-state index is 6.25. The van der Waals surface area contributed by atoms with Gasteiger partial charge in [-0.25, -0.2) is 0 Å². The van der Waals surface area contributed by atoms with Gasteiger partial charge in [0.1, 0.15) is 11.2 Å². The molecule has 0 N–H and O–H groups in total. The van der Waals surface area contributed by atoms with Crippen LogP contribution in [-0.2, 0) is 0 Å². The first-order chi connectivity index (χ1) is 26.8. The molecule has 10 rings (SSSR count). The molecule has 2 nitrogen and oxygen atoms in total. The fraction of sp³-hybridized carbons (Fsp3) is 0. The molecule has 0 aliphatic heterocycles. The van der Waals surface area contributed by atoms with Crippen LogP contribution in [0.15, 0.2) is 217 Å². The molecule has 10 aromatic rings. The van der Waals surface area contributed by atoms with Crippen molar-refractivity contribution in [2.24, 2.45) is 0 Å². The average Bonchev–Trinajstić information content (AvgIpc) is 3.64. The largest absolute Gasteiger partial charge is 0.456 e. The molecular formula is C52H35NO. The summed E-state index contributed by atoms with van der Waals surface area (Å²) < 4.78 is 6.25. The normalized spacial score (nSPS) is 11.3. The average molecular weight is 690 g/mol. The quantitative estimate of drug-likeness (QED) is 0.166. The summed E-state index contributed by atoms with van der Waals surface area (Å²) in [5.41, 5.74) is 14.5. The van der Waals surface area contributed by atoms with E-state index in [-0.39, 0.29) is 0 Å². The van der Waals surface area contributed by atoms with Gasteiger partial charge in [0.15, 0.2) is 0 Å². The lowest BCUT2D eigenvalue weighted by Crippen LogP contribution is -2.12. The van der Waals surface area contributed by atoms with E-state index in [0.29, 0.717) is 0 Å². The number of hydrogen-bond donors (Lipinski definition) is 0. The summed E-state index contributed by atoms with van der Waals surface area (Å²) in [5, 5.41) is 4.77. The van der Waals surface area contributed by atoms with Crippen LogP contribution in [0.25, 0.3) is 77.2 Å². The van der Waals surface area contributed by atoms with Gasteiger partial charge in [0.2, 0.25) is 0 Å². The second-order valence-electron chi connectivity index (χ2n) is 13.7. The minimum atomic E-state index is 0.899. The predicted octanol–water partition coefficient (Wildman–Crippen LogP) is 14.9. The third kappa shape index (κ3) is 5.53. The van der Waals surface area contributed by atoms with Crippen molar-refractivity contribution in [2.75, 3.05) is 4.90 Å². The van der Waals surface area contributed by atoms with Crippen molar-refractivity contribution in [3.05, 3.63) is 212 Å². The van der Waals surface area contributed by atoms with Crippen LogP contribution in [-0.4, -0.2) is 0 Å². The number of rotatable bonds is 7. The Balaban J connectivity index is 1.15. The number of fused-ring (bicyclic) bond motifs is 4. The van der Waals surface area contributed by atoms with Crippen LogP contribution in [0.4, 0.5) is 17.1 Å². The van der Waals surface area contributed by atoms with E-state index in [0.717, 1.165) is 66.8 Å². The van der Waals surface area contributed by atoms with E-state index in [4.69, 9.17) is 4.42 Å². The molecule has 0 aliphatic carbocycles. The van der Waals surface area contributed by atoms with Crippen LogP contribution >= 0.6 is 0 Å². The van der Waals surface area contributed by atoms with E-state index < -0.39 is 0 Å². The van der Waals surface area contributed by atoms with Gasteiger partial charge in [0.25, 0.3) is 0 Å². The Hall–Kier alpha value is -7.16. The van der Waals surface area contributed by atoms with Gasteiger partial charge in [0.05, 0.1) is 11.4 Å². The molecule has 0 saturated carbocycles. The zero-order chi connectivity index (χ0) is 35.8. The van der Waals surface area contributed by atoms with Crippen LogP contribution in [0.5, 0.6) is 0 Å². The molecule has 0 atom stereocenters. The van der Waals surface area contributed by atoms with E-state index in [9.17, 15) is 0 Å². The number of anilines is 3. The Morgan fingerprint density at radius 2 is 0.815 bits per heavy atom. The van der Waals surface area contributed by atoms with Crippen molar-refractivity contribution in [1.29, 1.82) is 0 Å². The van der Waals surface area contributed by atoms with E-state index in [2.05, 4.69) is 205 Å². The lowest BCUT2D eigenvalue weighted by molar-refractivity contribution is 0.669. The summed E-state index contributed by atoms with van der Waals surface area (Å²) in [5.74, 6) is 0. The van der Waals surface area contributed by atoms with Crippen molar-refractivity contribution in [3.8, 4) is 44.5 Å². The van der Waals surface area contributed by atoms with Gasteiger partial charge in [0, 0.05) is 27.6 Å². The molecule has 0 spiro atoms. The fourth-order valence-electron chi connectivity index (χ4n) is 7.99. The summed E-state index contributed by atoms with van der Waals surface area (Å²) >= 11 is 0. The Morgan fingerprint density at radius 1 is 0.315 bits per heavy atom. The SMILES string of the molecule is c1ccc(-c2ccccc2N(c2ccc(-c3cccc4oc5ccccc5c34)cc2)c2ccccc2-c2cccc(-c3cccc4ccccc34)c2)cc1. The van der Waals surface area contributed by atoms with Crippen LogP contribution in [0.2, 0.25) is 0 Å². The Morgan fingerprint density at radius 3 is 1.61 bits per heavy atom. The molecule has 0 bridgehead atoms. The molecule has 2 heteroatoms. The van der Waals surface area contributed by atoms with E-state index in [1.165, 1.54) is 27.5 Å². The van der Waals surface area contributed by atoms with Gasteiger partial charge >= 0.3 is 0 Å². The first-order valence-corrected chi connectivity index (χ1v) is 18.4. The first-order valence-electron chi connectivity index (χ1n) is 18.4. The number of benzene rings is 9. The molecular weight excluding hydrogens is 655 g/mol. The van der Waals surface area contributed by atoms with Crippen molar-refractivity contribution >= 4 is 49.8 Å². The maximum atomic E-state index is 6.25. The maximum Gasteiger partial charge on any atom is 0.136 e. The van der Waals surface area contributed by atoms with Gasteiger partial charge in [-0.15, -0.1) is 0 Å². The van der Waals surface area contributed by atoms with Gasteiger partial charge in [-0.05, 0) is 86.6 Å². The molecule has 54 heavy (non-hydrogen) atoms. The molecule has 0 amide bonds. The second kappa shape index (κ2) is 13.4. The van der Waals surface area contributed by atoms with E-state index in [1.54, 1.807) is 0 Å². The number of furan rings is 1. The third-order valence-electron chi connectivity index (χ3n) is 10.5. The smallest absolute Gasteiger partial charge is 0.136 e. The van der Waals surface area contributed by atoms with Gasteiger partial charge in [-0.3, -0.25) is 0 Å². The third-order valence-corrected chi connectivity index (χ3v) is 10.5.